The molecule has 1 heterocycles. The third kappa shape index (κ3) is 1.19. The molecule has 2 atom stereocenters. The van der Waals surface area contributed by atoms with Crippen LogP contribution in [0.15, 0.2) is 0 Å². The highest BCUT2D eigenvalue weighted by atomic mass is 16.9. The molecule has 1 aliphatic heterocycles. The van der Waals surface area contributed by atoms with Gasteiger partial charge >= 0.3 is 6.16 Å². The van der Waals surface area contributed by atoms with Gasteiger partial charge < -0.3 is 18.9 Å². The van der Waals surface area contributed by atoms with Gasteiger partial charge in [0, 0.05) is 14.2 Å². The first-order valence-corrected chi connectivity index (χ1v) is 2.71. The molecular weight excluding hydrogens is 140 g/mol. The Labute approximate surface area is 57.8 Å². The summed E-state index contributed by atoms with van der Waals surface area (Å²) in [7, 11) is 2.80. The molecule has 0 aliphatic carbocycles. The van der Waals surface area contributed by atoms with Gasteiger partial charge in [0.25, 0.3) is 12.6 Å². The average Bonchev–Trinajstić information content (AvgIpc) is 2.30. The summed E-state index contributed by atoms with van der Waals surface area (Å²) in [6.07, 6.45) is -2.24. The second-order valence-corrected chi connectivity index (χ2v) is 1.69. The molecule has 5 nitrogen and oxygen atoms in total. The van der Waals surface area contributed by atoms with Crippen molar-refractivity contribution in [3.63, 3.8) is 0 Å². The van der Waals surface area contributed by atoms with Gasteiger partial charge in [-0.2, -0.15) is 0 Å². The molecular formula is C5H8O5. The molecule has 5 heteroatoms. The molecule has 58 valence electrons. The van der Waals surface area contributed by atoms with Crippen molar-refractivity contribution in [2.24, 2.45) is 0 Å². The zero-order chi connectivity index (χ0) is 7.56. The minimum Gasteiger partial charge on any atom is -0.397 e. The van der Waals surface area contributed by atoms with Gasteiger partial charge in [0.2, 0.25) is 0 Å². The molecule has 10 heavy (non-hydrogen) atoms. The Balaban J connectivity index is 2.48. The van der Waals surface area contributed by atoms with E-state index < -0.39 is 18.7 Å². The van der Waals surface area contributed by atoms with Crippen molar-refractivity contribution in [3.05, 3.63) is 0 Å². The number of methoxy groups -OCH3 is 2. The first-order chi connectivity index (χ1) is 4.77. The van der Waals surface area contributed by atoms with Gasteiger partial charge in [-0.15, -0.1) is 0 Å². The van der Waals surface area contributed by atoms with Crippen molar-refractivity contribution >= 4 is 6.16 Å². The number of hydrogen-bond acceptors (Lipinski definition) is 5. The zero-order valence-corrected chi connectivity index (χ0v) is 5.70. The molecule has 1 aliphatic rings. The largest absolute Gasteiger partial charge is 0.513 e. The van der Waals surface area contributed by atoms with Crippen LogP contribution in [0, 0.1) is 0 Å². The molecule has 1 fully saturated rings. The van der Waals surface area contributed by atoms with Crippen LogP contribution in [0.5, 0.6) is 0 Å². The van der Waals surface area contributed by atoms with Gasteiger partial charge in [-0.1, -0.05) is 0 Å². The normalized spacial score (nSPS) is 31.6. The molecule has 0 spiro atoms. The maximum absolute atomic E-state index is 10.4. The summed E-state index contributed by atoms with van der Waals surface area (Å²) in [6.45, 7) is 0. The van der Waals surface area contributed by atoms with E-state index in [0.29, 0.717) is 0 Å². The number of hydrogen-bond donors (Lipinski definition) is 0. The third-order valence-corrected chi connectivity index (χ3v) is 1.11. The summed E-state index contributed by atoms with van der Waals surface area (Å²) in [5.41, 5.74) is 0. The van der Waals surface area contributed by atoms with Gasteiger partial charge in [0.05, 0.1) is 0 Å². The van der Waals surface area contributed by atoms with Crippen molar-refractivity contribution in [2.75, 3.05) is 14.2 Å². The van der Waals surface area contributed by atoms with E-state index in [1.54, 1.807) is 0 Å². The van der Waals surface area contributed by atoms with Crippen LogP contribution in [0.3, 0.4) is 0 Å². The lowest BCUT2D eigenvalue weighted by atomic mass is 10.6. The minimum atomic E-state index is -0.765. The van der Waals surface area contributed by atoms with Crippen LogP contribution in [0.4, 0.5) is 4.79 Å². The van der Waals surface area contributed by atoms with Gasteiger partial charge in [-0.3, -0.25) is 0 Å². The van der Waals surface area contributed by atoms with E-state index in [9.17, 15) is 4.79 Å². The monoisotopic (exact) mass is 148 g/mol. The molecule has 0 aromatic heterocycles. The summed E-state index contributed by atoms with van der Waals surface area (Å²) in [6, 6.07) is 0. The van der Waals surface area contributed by atoms with E-state index in [-0.39, 0.29) is 0 Å². The second kappa shape index (κ2) is 2.85. The number of ether oxygens (including phenoxy) is 4. The minimum absolute atomic E-state index is 0.738. The van der Waals surface area contributed by atoms with E-state index in [1.807, 2.05) is 0 Å². The smallest absolute Gasteiger partial charge is 0.397 e. The highest BCUT2D eigenvalue weighted by Gasteiger charge is 2.36. The second-order valence-electron chi connectivity index (χ2n) is 1.69. The average molecular weight is 148 g/mol. The molecule has 0 unspecified atom stereocenters. The Hall–Kier alpha value is -0.810. The Morgan fingerprint density at radius 3 is 1.90 bits per heavy atom. The van der Waals surface area contributed by atoms with Gasteiger partial charge in [-0.05, 0) is 0 Å². The summed E-state index contributed by atoms with van der Waals surface area (Å²) < 4.78 is 18.4. The molecule has 0 bridgehead atoms. The van der Waals surface area contributed by atoms with E-state index in [4.69, 9.17) is 9.47 Å². The van der Waals surface area contributed by atoms with Crippen LogP contribution < -0.4 is 0 Å². The lowest BCUT2D eigenvalue weighted by Gasteiger charge is -2.10. The Morgan fingerprint density at radius 2 is 1.60 bits per heavy atom. The lowest BCUT2D eigenvalue weighted by Crippen LogP contribution is -2.25. The van der Waals surface area contributed by atoms with Crippen molar-refractivity contribution < 1.29 is 23.7 Å². The van der Waals surface area contributed by atoms with Gasteiger partial charge in [-0.25, -0.2) is 4.79 Å². The van der Waals surface area contributed by atoms with E-state index in [2.05, 4.69) is 9.47 Å². The van der Waals surface area contributed by atoms with E-state index >= 15 is 0 Å². The topological polar surface area (TPSA) is 54.0 Å². The first kappa shape index (κ1) is 7.30. The molecule has 0 radical (unpaired) electrons. The van der Waals surface area contributed by atoms with Crippen molar-refractivity contribution in [1.29, 1.82) is 0 Å². The van der Waals surface area contributed by atoms with Crippen molar-refractivity contribution in [2.45, 2.75) is 12.6 Å². The van der Waals surface area contributed by atoms with Crippen molar-refractivity contribution in [3.8, 4) is 0 Å². The van der Waals surface area contributed by atoms with Crippen LogP contribution in [0.1, 0.15) is 0 Å². The zero-order valence-electron chi connectivity index (χ0n) is 5.70. The Bertz CT molecular complexity index is 120. The SMILES string of the molecule is CO[C@@H]1OC(=O)O[C@@H]1OC. The summed E-state index contributed by atoms with van der Waals surface area (Å²) in [5.74, 6) is 0. The van der Waals surface area contributed by atoms with Crippen LogP contribution in [0.25, 0.3) is 0 Å². The number of carbonyl (C=O) groups excluding carboxylic acids is 1. The lowest BCUT2D eigenvalue weighted by molar-refractivity contribution is -0.166. The summed E-state index contributed by atoms with van der Waals surface area (Å²) >= 11 is 0. The molecule has 0 saturated carbocycles. The summed E-state index contributed by atoms with van der Waals surface area (Å²) in [4.78, 5) is 10.4. The van der Waals surface area contributed by atoms with Gasteiger partial charge in [0.15, 0.2) is 0 Å². The quantitative estimate of drug-likeness (QED) is 0.520. The van der Waals surface area contributed by atoms with Crippen LogP contribution >= 0.6 is 0 Å². The fraction of sp³-hybridized carbons (Fsp3) is 0.800. The molecule has 1 saturated heterocycles. The van der Waals surface area contributed by atoms with Crippen LogP contribution in [-0.2, 0) is 18.9 Å². The molecule has 0 aromatic carbocycles. The molecule has 1 rings (SSSR count). The third-order valence-electron chi connectivity index (χ3n) is 1.11. The van der Waals surface area contributed by atoms with E-state index in [1.165, 1.54) is 14.2 Å². The Morgan fingerprint density at radius 1 is 1.20 bits per heavy atom. The summed E-state index contributed by atoms with van der Waals surface area (Å²) in [5, 5.41) is 0. The standard InChI is InChI=1S/C5H8O5/c1-7-3-4(8-2)10-5(6)9-3/h3-4H,1-2H3/t3-,4+. The number of cyclic esters (lactones) is 2. The fourth-order valence-electron chi connectivity index (χ4n) is 0.647. The maximum Gasteiger partial charge on any atom is 0.513 e. The van der Waals surface area contributed by atoms with Gasteiger partial charge in [0.1, 0.15) is 0 Å². The predicted octanol–water partition coefficient (Wildman–Crippen LogP) is 0.0982. The molecule has 0 N–H and O–H groups in total. The number of rotatable bonds is 2. The fourth-order valence-corrected chi connectivity index (χ4v) is 0.647. The maximum atomic E-state index is 10.4. The highest BCUT2D eigenvalue weighted by molar-refractivity contribution is 5.61. The Kier molecular flexibility index (Phi) is 2.08. The molecule has 0 amide bonds. The van der Waals surface area contributed by atoms with Crippen LogP contribution in [0.2, 0.25) is 0 Å². The predicted molar refractivity (Wildman–Crippen MR) is 29.2 cm³/mol. The highest BCUT2D eigenvalue weighted by Crippen LogP contribution is 2.15. The first-order valence-electron chi connectivity index (χ1n) is 2.71. The number of carbonyl (C=O) groups is 1. The molecule has 0 aromatic rings. The van der Waals surface area contributed by atoms with E-state index in [0.717, 1.165) is 0 Å². The van der Waals surface area contributed by atoms with Crippen molar-refractivity contribution in [1.82, 2.24) is 0 Å². The van der Waals surface area contributed by atoms with Crippen LogP contribution in [-0.4, -0.2) is 33.0 Å².